The SMILES string of the molecule is Cc1nnsc1C(=O)Nc1ccc(-c2cc(-c3ncco3)ccc2Cl)cn1. The number of aryl methyl sites for hydroxylation is 1. The van der Waals surface area contributed by atoms with Gasteiger partial charge in [-0.05, 0) is 48.8 Å². The molecule has 0 aliphatic rings. The van der Waals surface area contributed by atoms with E-state index in [0.29, 0.717) is 27.3 Å². The fourth-order valence-corrected chi connectivity index (χ4v) is 3.26. The number of halogens is 1. The highest BCUT2D eigenvalue weighted by molar-refractivity contribution is 7.08. The molecular weight excluding hydrogens is 386 g/mol. The molecule has 4 rings (SSSR count). The average Bonchev–Trinajstić information content (AvgIpc) is 3.35. The quantitative estimate of drug-likeness (QED) is 0.546. The number of anilines is 1. The van der Waals surface area contributed by atoms with Crippen molar-refractivity contribution in [3.8, 4) is 22.6 Å². The fraction of sp³-hybridized carbons (Fsp3) is 0.0556. The van der Waals surface area contributed by atoms with Crippen LogP contribution in [0.25, 0.3) is 22.6 Å². The second kappa shape index (κ2) is 7.26. The predicted octanol–water partition coefficient (Wildman–Crippen LogP) is 4.47. The van der Waals surface area contributed by atoms with Gasteiger partial charge in [-0.2, -0.15) is 0 Å². The molecule has 134 valence electrons. The third kappa shape index (κ3) is 3.57. The van der Waals surface area contributed by atoms with Crippen LogP contribution in [0.1, 0.15) is 15.4 Å². The second-order valence-corrected chi connectivity index (χ2v) is 6.77. The van der Waals surface area contributed by atoms with E-state index >= 15 is 0 Å². The van der Waals surface area contributed by atoms with Gasteiger partial charge in [0.25, 0.3) is 5.91 Å². The lowest BCUT2D eigenvalue weighted by Crippen LogP contribution is -2.12. The Kier molecular flexibility index (Phi) is 4.66. The smallest absolute Gasteiger partial charge is 0.270 e. The Balaban J connectivity index is 1.58. The number of carbonyl (C=O) groups excluding carboxylic acids is 1. The Morgan fingerprint density at radius 3 is 2.70 bits per heavy atom. The van der Waals surface area contributed by atoms with Gasteiger partial charge in [0.15, 0.2) is 0 Å². The van der Waals surface area contributed by atoms with Gasteiger partial charge in [-0.3, -0.25) is 4.79 Å². The van der Waals surface area contributed by atoms with Crippen LogP contribution in [-0.4, -0.2) is 25.5 Å². The van der Waals surface area contributed by atoms with E-state index in [0.717, 1.165) is 28.2 Å². The Hall–Kier alpha value is -3.10. The number of nitrogens with one attached hydrogen (secondary N) is 1. The molecule has 0 bridgehead atoms. The van der Waals surface area contributed by atoms with Crippen LogP contribution in [0.3, 0.4) is 0 Å². The van der Waals surface area contributed by atoms with E-state index in [1.807, 2.05) is 18.2 Å². The van der Waals surface area contributed by atoms with Crippen molar-refractivity contribution in [1.29, 1.82) is 0 Å². The van der Waals surface area contributed by atoms with E-state index in [9.17, 15) is 4.79 Å². The summed E-state index contributed by atoms with van der Waals surface area (Å²) in [5.74, 6) is 0.654. The third-order valence-electron chi connectivity index (χ3n) is 3.82. The number of aromatic nitrogens is 4. The highest BCUT2D eigenvalue weighted by atomic mass is 35.5. The third-order valence-corrected chi connectivity index (χ3v) is 4.98. The lowest BCUT2D eigenvalue weighted by molar-refractivity contribution is 0.102. The zero-order valence-corrected chi connectivity index (χ0v) is 15.6. The molecule has 1 amide bonds. The Morgan fingerprint density at radius 1 is 1.19 bits per heavy atom. The molecule has 4 aromatic rings. The minimum absolute atomic E-state index is 0.285. The minimum atomic E-state index is -0.285. The van der Waals surface area contributed by atoms with Gasteiger partial charge in [0.05, 0.1) is 11.9 Å². The molecule has 0 unspecified atom stereocenters. The lowest BCUT2D eigenvalue weighted by Gasteiger charge is -2.08. The van der Waals surface area contributed by atoms with Crippen LogP contribution in [0.2, 0.25) is 5.02 Å². The molecule has 1 aromatic carbocycles. The molecule has 1 N–H and O–H groups in total. The van der Waals surface area contributed by atoms with E-state index in [2.05, 4.69) is 24.9 Å². The summed E-state index contributed by atoms with van der Waals surface area (Å²) in [6.45, 7) is 1.73. The molecule has 0 fully saturated rings. The van der Waals surface area contributed by atoms with Crippen LogP contribution in [0.4, 0.5) is 5.82 Å². The molecule has 3 aromatic heterocycles. The van der Waals surface area contributed by atoms with Gasteiger partial charge in [0.2, 0.25) is 5.89 Å². The molecular formula is C18H12ClN5O2S. The summed E-state index contributed by atoms with van der Waals surface area (Å²) in [4.78, 5) is 21.1. The summed E-state index contributed by atoms with van der Waals surface area (Å²) in [7, 11) is 0. The minimum Gasteiger partial charge on any atom is -0.445 e. The van der Waals surface area contributed by atoms with Crippen molar-refractivity contribution in [2.45, 2.75) is 6.92 Å². The van der Waals surface area contributed by atoms with Crippen molar-refractivity contribution in [2.75, 3.05) is 5.32 Å². The monoisotopic (exact) mass is 397 g/mol. The van der Waals surface area contributed by atoms with Crippen LogP contribution in [-0.2, 0) is 0 Å². The Bertz CT molecular complexity index is 1090. The first-order valence-electron chi connectivity index (χ1n) is 7.88. The van der Waals surface area contributed by atoms with Crippen molar-refractivity contribution in [2.24, 2.45) is 0 Å². The van der Waals surface area contributed by atoms with E-state index in [-0.39, 0.29) is 5.91 Å². The molecule has 0 saturated heterocycles. The van der Waals surface area contributed by atoms with Crippen LogP contribution in [0, 0.1) is 6.92 Å². The Morgan fingerprint density at radius 2 is 2.04 bits per heavy atom. The van der Waals surface area contributed by atoms with Gasteiger partial charge >= 0.3 is 0 Å². The molecule has 0 aliphatic heterocycles. The number of oxazole rings is 1. The van der Waals surface area contributed by atoms with E-state index in [4.69, 9.17) is 16.0 Å². The summed E-state index contributed by atoms with van der Waals surface area (Å²) >= 11 is 7.39. The van der Waals surface area contributed by atoms with Gasteiger partial charge in [0.1, 0.15) is 17.0 Å². The number of carbonyl (C=O) groups is 1. The van der Waals surface area contributed by atoms with Crippen molar-refractivity contribution >= 4 is 34.9 Å². The maximum Gasteiger partial charge on any atom is 0.270 e. The van der Waals surface area contributed by atoms with Gasteiger partial charge < -0.3 is 9.73 Å². The normalized spacial score (nSPS) is 10.7. The molecule has 3 heterocycles. The van der Waals surface area contributed by atoms with Crippen molar-refractivity contribution in [1.82, 2.24) is 19.6 Å². The highest BCUT2D eigenvalue weighted by Crippen LogP contribution is 2.32. The van der Waals surface area contributed by atoms with Crippen LogP contribution < -0.4 is 5.32 Å². The van der Waals surface area contributed by atoms with Crippen molar-refractivity contribution in [3.63, 3.8) is 0 Å². The van der Waals surface area contributed by atoms with Gasteiger partial charge in [-0.25, -0.2) is 9.97 Å². The summed E-state index contributed by atoms with van der Waals surface area (Å²) in [5.41, 5.74) is 3.00. The standard InChI is InChI=1S/C18H12ClN5O2S/c1-10-16(27-24-23-10)17(25)22-15-5-3-12(9-21-15)13-8-11(2-4-14(13)19)18-20-6-7-26-18/h2-9H,1H3,(H,21,22,25). The number of hydrogen-bond acceptors (Lipinski definition) is 7. The molecule has 0 aliphatic carbocycles. The number of rotatable bonds is 4. The van der Waals surface area contributed by atoms with Crippen molar-refractivity contribution < 1.29 is 9.21 Å². The number of amides is 1. The number of pyridine rings is 1. The van der Waals surface area contributed by atoms with E-state index in [1.165, 1.54) is 6.26 Å². The van der Waals surface area contributed by atoms with E-state index in [1.54, 1.807) is 31.5 Å². The summed E-state index contributed by atoms with van der Waals surface area (Å²) in [6, 6.07) is 9.05. The first kappa shape index (κ1) is 17.3. The topological polar surface area (TPSA) is 93.8 Å². The largest absolute Gasteiger partial charge is 0.445 e. The first-order valence-corrected chi connectivity index (χ1v) is 9.03. The van der Waals surface area contributed by atoms with Gasteiger partial charge in [-0.1, -0.05) is 16.1 Å². The number of nitrogens with zero attached hydrogens (tertiary/aromatic N) is 4. The molecule has 0 atom stereocenters. The maximum absolute atomic E-state index is 12.2. The summed E-state index contributed by atoms with van der Waals surface area (Å²) in [5, 5.41) is 7.15. The molecule has 0 radical (unpaired) electrons. The maximum atomic E-state index is 12.2. The highest BCUT2D eigenvalue weighted by Gasteiger charge is 2.14. The molecule has 9 heteroatoms. The molecule has 0 spiro atoms. The van der Waals surface area contributed by atoms with Crippen LogP contribution in [0.15, 0.2) is 53.4 Å². The van der Waals surface area contributed by atoms with Crippen molar-refractivity contribution in [3.05, 3.63) is 64.6 Å². The van der Waals surface area contributed by atoms with Gasteiger partial charge in [-0.15, -0.1) is 5.10 Å². The second-order valence-electron chi connectivity index (χ2n) is 5.61. The fourth-order valence-electron chi connectivity index (χ4n) is 2.49. The van der Waals surface area contributed by atoms with Gasteiger partial charge in [0, 0.05) is 27.9 Å². The zero-order valence-electron chi connectivity index (χ0n) is 14.0. The summed E-state index contributed by atoms with van der Waals surface area (Å²) < 4.78 is 9.09. The first-order chi connectivity index (χ1) is 13.1. The van der Waals surface area contributed by atoms with Crippen LogP contribution >= 0.6 is 23.1 Å². The Labute approximate surface area is 163 Å². The predicted molar refractivity (Wildman–Crippen MR) is 103 cm³/mol. The number of hydrogen-bond donors (Lipinski definition) is 1. The molecule has 7 nitrogen and oxygen atoms in total. The molecule has 27 heavy (non-hydrogen) atoms. The van der Waals surface area contributed by atoms with E-state index < -0.39 is 0 Å². The summed E-state index contributed by atoms with van der Waals surface area (Å²) in [6.07, 6.45) is 4.75. The molecule has 0 saturated carbocycles. The lowest BCUT2D eigenvalue weighted by atomic mass is 10.0. The zero-order chi connectivity index (χ0) is 18.8. The number of benzene rings is 1. The average molecular weight is 398 g/mol. The van der Waals surface area contributed by atoms with Crippen LogP contribution in [0.5, 0.6) is 0 Å².